The summed E-state index contributed by atoms with van der Waals surface area (Å²) in [4.78, 5) is 13.7. The molecule has 30 heavy (non-hydrogen) atoms. The maximum absolute atomic E-state index is 11.5. The maximum atomic E-state index is 11.5. The van der Waals surface area contributed by atoms with E-state index in [0.717, 1.165) is 47.9 Å². The molecule has 0 amide bonds. The van der Waals surface area contributed by atoms with Gasteiger partial charge >= 0.3 is 5.97 Å². The minimum absolute atomic E-state index is 0.0338. The number of carboxylic acids is 1. The Bertz CT molecular complexity index is 1220. The summed E-state index contributed by atoms with van der Waals surface area (Å²) in [6.45, 7) is 3.72. The van der Waals surface area contributed by atoms with E-state index in [2.05, 4.69) is 41.0 Å². The molecule has 1 saturated heterocycles. The number of hydrogen-bond acceptors (Lipinski definition) is 10. The van der Waals surface area contributed by atoms with Crippen molar-refractivity contribution in [3.63, 3.8) is 0 Å². The van der Waals surface area contributed by atoms with Crippen molar-refractivity contribution < 1.29 is 9.90 Å². The predicted octanol–water partition coefficient (Wildman–Crippen LogP) is 1.52. The van der Waals surface area contributed by atoms with Crippen molar-refractivity contribution in [3.8, 4) is 5.82 Å². The van der Waals surface area contributed by atoms with Gasteiger partial charge in [0.2, 0.25) is 10.3 Å². The molecule has 11 nitrogen and oxygen atoms in total. The molecular weight excluding hydrogens is 406 g/mol. The van der Waals surface area contributed by atoms with E-state index in [1.54, 1.807) is 6.20 Å². The lowest BCUT2D eigenvalue weighted by molar-refractivity contribution is 0.0696. The number of hydrogen-bond donors (Lipinski definition) is 3. The van der Waals surface area contributed by atoms with Gasteiger partial charge in [0.25, 0.3) is 0 Å². The molecule has 0 unspecified atom stereocenters. The summed E-state index contributed by atoms with van der Waals surface area (Å²) >= 11 is 1.51. The third-order valence-electron chi connectivity index (χ3n) is 4.75. The Morgan fingerprint density at radius 3 is 2.87 bits per heavy atom. The van der Waals surface area contributed by atoms with E-state index in [1.165, 1.54) is 28.3 Å². The number of fused-ring (bicyclic) bond motifs is 1. The van der Waals surface area contributed by atoms with Crippen LogP contribution in [0, 0.1) is 0 Å². The first-order chi connectivity index (χ1) is 14.7. The zero-order valence-electron chi connectivity index (χ0n) is 15.7. The minimum atomic E-state index is -1.08. The molecule has 3 aromatic heterocycles. The quantitative estimate of drug-likeness (QED) is 0.434. The maximum Gasteiger partial charge on any atom is 0.339 e. The fourth-order valence-corrected chi connectivity index (χ4v) is 4.12. The average Bonchev–Trinajstić information content (AvgIpc) is 3.41. The Balaban J connectivity index is 1.41. The predicted molar refractivity (Wildman–Crippen MR) is 112 cm³/mol. The molecule has 152 valence electrons. The molecule has 1 aliphatic heterocycles. The third-order valence-corrected chi connectivity index (χ3v) is 5.65. The molecule has 5 rings (SSSR count). The number of anilines is 3. The van der Waals surface area contributed by atoms with Crippen molar-refractivity contribution in [1.29, 1.82) is 0 Å². The van der Waals surface area contributed by atoms with Crippen molar-refractivity contribution in [2.24, 2.45) is 0 Å². The highest BCUT2D eigenvalue weighted by Gasteiger charge is 2.17. The minimum Gasteiger partial charge on any atom is -0.478 e. The van der Waals surface area contributed by atoms with E-state index in [9.17, 15) is 9.90 Å². The Morgan fingerprint density at radius 2 is 2.03 bits per heavy atom. The number of carbonyl (C=O) groups is 1. The Labute approximate surface area is 174 Å². The lowest BCUT2D eigenvalue weighted by Gasteiger charge is -2.26. The average molecular weight is 423 g/mol. The van der Waals surface area contributed by atoms with Crippen LogP contribution in [0.25, 0.3) is 16.7 Å². The smallest absolute Gasteiger partial charge is 0.339 e. The summed E-state index contributed by atoms with van der Waals surface area (Å²) in [5.41, 5.74) is 1.59. The van der Waals surface area contributed by atoms with Gasteiger partial charge in [0, 0.05) is 37.3 Å². The van der Waals surface area contributed by atoms with Gasteiger partial charge in [-0.2, -0.15) is 10.2 Å². The molecule has 1 aromatic carbocycles. The van der Waals surface area contributed by atoms with Gasteiger partial charge in [0.1, 0.15) is 5.56 Å². The first-order valence-electron chi connectivity index (χ1n) is 9.28. The number of nitrogens with zero attached hydrogens (tertiary/aromatic N) is 7. The highest BCUT2D eigenvalue weighted by Crippen LogP contribution is 2.29. The van der Waals surface area contributed by atoms with E-state index in [-0.39, 0.29) is 11.4 Å². The van der Waals surface area contributed by atoms with E-state index < -0.39 is 5.97 Å². The first-order valence-corrected chi connectivity index (χ1v) is 10.1. The lowest BCUT2D eigenvalue weighted by Crippen LogP contribution is -2.43. The number of rotatable bonds is 5. The summed E-state index contributed by atoms with van der Waals surface area (Å²) in [6.07, 6.45) is 3.00. The van der Waals surface area contributed by atoms with E-state index in [0.29, 0.717) is 5.13 Å². The van der Waals surface area contributed by atoms with Crippen LogP contribution in [-0.2, 0) is 0 Å². The number of nitrogens with one attached hydrogen (secondary N) is 2. The first kappa shape index (κ1) is 18.4. The van der Waals surface area contributed by atoms with Gasteiger partial charge in [0.05, 0.1) is 17.9 Å². The Hall–Kier alpha value is -3.64. The van der Waals surface area contributed by atoms with E-state index in [1.807, 2.05) is 18.2 Å². The second kappa shape index (κ2) is 7.65. The van der Waals surface area contributed by atoms with Crippen molar-refractivity contribution in [2.75, 3.05) is 36.4 Å². The molecular formula is C18H17N9O2S. The molecule has 1 fully saturated rings. The highest BCUT2D eigenvalue weighted by atomic mass is 32.1. The van der Waals surface area contributed by atoms with Crippen LogP contribution in [0.4, 0.5) is 16.0 Å². The fourth-order valence-electron chi connectivity index (χ4n) is 3.30. The molecule has 0 aliphatic carbocycles. The van der Waals surface area contributed by atoms with Crippen molar-refractivity contribution in [2.45, 2.75) is 0 Å². The van der Waals surface area contributed by atoms with Gasteiger partial charge < -0.3 is 20.6 Å². The molecule has 0 spiro atoms. The second-order valence-electron chi connectivity index (χ2n) is 6.66. The fraction of sp³-hybridized carbons (Fsp3) is 0.222. The number of piperazine rings is 1. The van der Waals surface area contributed by atoms with Gasteiger partial charge in [0.15, 0.2) is 5.82 Å². The van der Waals surface area contributed by atoms with Crippen LogP contribution in [0.1, 0.15) is 10.4 Å². The number of carboxylic acid groups (broad SMARTS) is 1. The van der Waals surface area contributed by atoms with Crippen LogP contribution < -0.4 is 15.5 Å². The number of aromatic nitrogens is 6. The largest absolute Gasteiger partial charge is 0.478 e. The highest BCUT2D eigenvalue weighted by molar-refractivity contribution is 7.19. The van der Waals surface area contributed by atoms with Crippen LogP contribution in [0.15, 0.2) is 36.7 Å². The van der Waals surface area contributed by atoms with Gasteiger partial charge in [-0.15, -0.1) is 15.3 Å². The standard InChI is InChI=1S/C18H17N9O2S/c28-16(29)13-3-4-20-23-15(13)27-14-2-1-12(9-11(14)10-21-27)22-17-24-25-18(30-17)26-7-5-19-6-8-26/h1-4,9-10,19H,5-8H2,(H,22,24)(H,28,29). The molecule has 3 N–H and O–H groups in total. The van der Waals surface area contributed by atoms with Crippen LogP contribution in [0.3, 0.4) is 0 Å². The van der Waals surface area contributed by atoms with Gasteiger partial charge in [-0.1, -0.05) is 11.3 Å². The van der Waals surface area contributed by atoms with Gasteiger partial charge in [-0.05, 0) is 24.3 Å². The molecule has 12 heteroatoms. The van der Waals surface area contributed by atoms with Crippen LogP contribution in [-0.4, -0.2) is 67.4 Å². The van der Waals surface area contributed by atoms with Crippen LogP contribution in [0.2, 0.25) is 0 Å². The lowest BCUT2D eigenvalue weighted by atomic mass is 10.2. The zero-order chi connectivity index (χ0) is 20.5. The molecule has 0 saturated carbocycles. The molecule has 1 aliphatic rings. The number of benzene rings is 1. The topological polar surface area (TPSA) is 134 Å². The van der Waals surface area contributed by atoms with Crippen molar-refractivity contribution >= 4 is 44.2 Å². The second-order valence-corrected chi connectivity index (χ2v) is 7.61. The summed E-state index contributed by atoms with van der Waals surface area (Å²) in [5, 5.41) is 39.0. The molecule has 0 atom stereocenters. The van der Waals surface area contributed by atoms with Crippen LogP contribution in [0.5, 0.6) is 0 Å². The SMILES string of the molecule is O=C(O)c1ccnnc1-n1ncc2cc(Nc3nnc(N4CCNCC4)s3)ccc21. The van der Waals surface area contributed by atoms with Crippen molar-refractivity contribution in [1.82, 2.24) is 35.5 Å². The van der Waals surface area contributed by atoms with Crippen LogP contribution >= 0.6 is 11.3 Å². The number of aromatic carboxylic acids is 1. The molecule has 4 heterocycles. The zero-order valence-corrected chi connectivity index (χ0v) is 16.5. The van der Waals surface area contributed by atoms with Gasteiger partial charge in [-0.3, -0.25) is 0 Å². The van der Waals surface area contributed by atoms with E-state index in [4.69, 9.17) is 0 Å². The summed E-state index contributed by atoms with van der Waals surface area (Å²) in [6, 6.07) is 7.05. The van der Waals surface area contributed by atoms with E-state index >= 15 is 0 Å². The van der Waals surface area contributed by atoms with Gasteiger partial charge in [-0.25, -0.2) is 9.48 Å². The summed E-state index contributed by atoms with van der Waals surface area (Å²) in [5.74, 6) is -0.913. The molecule has 0 bridgehead atoms. The summed E-state index contributed by atoms with van der Waals surface area (Å²) in [7, 11) is 0. The Morgan fingerprint density at radius 1 is 1.17 bits per heavy atom. The third kappa shape index (κ3) is 3.42. The van der Waals surface area contributed by atoms with Crippen molar-refractivity contribution in [3.05, 3.63) is 42.2 Å². The molecule has 4 aromatic rings. The Kier molecular flexibility index (Phi) is 4.69. The molecule has 0 radical (unpaired) electrons. The summed E-state index contributed by atoms with van der Waals surface area (Å²) < 4.78 is 1.48. The normalized spacial score (nSPS) is 14.2. The monoisotopic (exact) mass is 423 g/mol.